The number of methoxy groups -OCH3 is 2. The summed E-state index contributed by atoms with van der Waals surface area (Å²) >= 11 is 0. The average Bonchev–Trinajstić information content (AvgIpc) is 2.53. The van der Waals surface area contributed by atoms with Gasteiger partial charge < -0.3 is 19.9 Å². The van der Waals surface area contributed by atoms with Gasteiger partial charge in [0, 0.05) is 30.4 Å². The van der Waals surface area contributed by atoms with Crippen molar-refractivity contribution >= 4 is 5.69 Å². The second kappa shape index (κ2) is 6.82. The van der Waals surface area contributed by atoms with Gasteiger partial charge in [-0.25, -0.2) is 0 Å². The van der Waals surface area contributed by atoms with E-state index in [2.05, 4.69) is 5.32 Å². The molecule has 0 bridgehead atoms. The Morgan fingerprint density at radius 3 is 2.15 bits per heavy atom. The molecule has 4 nitrogen and oxygen atoms in total. The van der Waals surface area contributed by atoms with Crippen LogP contribution in [0.4, 0.5) is 5.69 Å². The Balaban J connectivity index is 2.03. The highest BCUT2D eigenvalue weighted by atomic mass is 16.5. The van der Waals surface area contributed by atoms with Gasteiger partial charge >= 0.3 is 0 Å². The number of benzene rings is 2. The molecule has 1 unspecified atom stereocenters. The summed E-state index contributed by atoms with van der Waals surface area (Å²) in [5, 5.41) is 13.3. The van der Waals surface area contributed by atoms with E-state index >= 15 is 0 Å². The monoisotopic (exact) mass is 273 g/mol. The van der Waals surface area contributed by atoms with Gasteiger partial charge in [0.05, 0.1) is 20.3 Å². The molecule has 0 saturated carbocycles. The predicted molar refractivity (Wildman–Crippen MR) is 79.4 cm³/mol. The lowest BCUT2D eigenvalue weighted by Crippen LogP contribution is -2.12. The smallest absolute Gasteiger partial charge is 0.124 e. The minimum atomic E-state index is -0.562. The molecule has 2 aromatic carbocycles. The van der Waals surface area contributed by atoms with E-state index in [1.807, 2.05) is 42.5 Å². The summed E-state index contributed by atoms with van der Waals surface area (Å²) in [6, 6.07) is 15.1. The van der Waals surface area contributed by atoms with E-state index in [1.54, 1.807) is 20.3 Å². The fourth-order valence-electron chi connectivity index (χ4n) is 1.92. The van der Waals surface area contributed by atoms with Crippen molar-refractivity contribution < 1.29 is 14.6 Å². The van der Waals surface area contributed by atoms with Crippen molar-refractivity contribution in [3.05, 3.63) is 54.1 Å². The standard InChI is InChI=1S/C16H19NO3/c1-19-14-8-13(9-15(10-14)20-2)17-11-16(18)12-6-4-3-5-7-12/h3-10,16-18H,11H2,1-2H3. The van der Waals surface area contributed by atoms with Crippen LogP contribution in [0.1, 0.15) is 11.7 Å². The Hall–Kier alpha value is -2.20. The van der Waals surface area contributed by atoms with E-state index in [9.17, 15) is 5.11 Å². The first kappa shape index (κ1) is 14.2. The molecule has 106 valence electrons. The van der Waals surface area contributed by atoms with Crippen molar-refractivity contribution in [1.82, 2.24) is 0 Å². The highest BCUT2D eigenvalue weighted by Gasteiger charge is 2.07. The van der Waals surface area contributed by atoms with E-state index in [4.69, 9.17) is 9.47 Å². The maximum Gasteiger partial charge on any atom is 0.124 e. The van der Waals surface area contributed by atoms with Gasteiger partial charge in [-0.15, -0.1) is 0 Å². The molecular formula is C16H19NO3. The Bertz CT molecular complexity index is 520. The van der Waals surface area contributed by atoms with Crippen LogP contribution < -0.4 is 14.8 Å². The number of rotatable bonds is 6. The van der Waals surface area contributed by atoms with Gasteiger partial charge in [-0.3, -0.25) is 0 Å². The molecule has 0 heterocycles. The number of hydrogen-bond donors (Lipinski definition) is 2. The highest BCUT2D eigenvalue weighted by molar-refractivity contribution is 5.53. The molecule has 0 aromatic heterocycles. The van der Waals surface area contributed by atoms with Crippen LogP contribution in [0, 0.1) is 0 Å². The number of aliphatic hydroxyl groups is 1. The first-order valence-electron chi connectivity index (χ1n) is 6.43. The highest BCUT2D eigenvalue weighted by Crippen LogP contribution is 2.26. The van der Waals surface area contributed by atoms with Gasteiger partial charge in [-0.2, -0.15) is 0 Å². The molecule has 1 atom stereocenters. The molecule has 0 saturated heterocycles. The third-order valence-electron chi connectivity index (χ3n) is 3.04. The fraction of sp³-hybridized carbons (Fsp3) is 0.250. The minimum absolute atomic E-state index is 0.417. The normalized spacial score (nSPS) is 11.8. The van der Waals surface area contributed by atoms with Crippen LogP contribution in [0.3, 0.4) is 0 Å². The van der Waals surface area contributed by atoms with Gasteiger partial charge in [-0.05, 0) is 5.56 Å². The van der Waals surface area contributed by atoms with Crippen LogP contribution in [0.15, 0.2) is 48.5 Å². The average molecular weight is 273 g/mol. The van der Waals surface area contributed by atoms with Gasteiger partial charge in [-0.1, -0.05) is 30.3 Å². The zero-order chi connectivity index (χ0) is 14.4. The molecule has 0 fully saturated rings. The number of aliphatic hydroxyl groups excluding tert-OH is 1. The van der Waals surface area contributed by atoms with E-state index < -0.39 is 6.10 Å². The quantitative estimate of drug-likeness (QED) is 0.849. The van der Waals surface area contributed by atoms with Crippen molar-refractivity contribution in [2.45, 2.75) is 6.10 Å². The second-order valence-electron chi connectivity index (χ2n) is 4.41. The molecule has 0 spiro atoms. The molecule has 0 aliphatic carbocycles. The minimum Gasteiger partial charge on any atom is -0.497 e. The fourth-order valence-corrected chi connectivity index (χ4v) is 1.92. The summed E-state index contributed by atoms with van der Waals surface area (Å²) in [4.78, 5) is 0. The molecule has 20 heavy (non-hydrogen) atoms. The Morgan fingerprint density at radius 2 is 1.60 bits per heavy atom. The van der Waals surface area contributed by atoms with Crippen LogP contribution in [0.25, 0.3) is 0 Å². The van der Waals surface area contributed by atoms with Gasteiger partial charge in [0.15, 0.2) is 0 Å². The first-order valence-corrected chi connectivity index (χ1v) is 6.43. The van der Waals surface area contributed by atoms with Crippen molar-refractivity contribution in [1.29, 1.82) is 0 Å². The van der Waals surface area contributed by atoms with Crippen molar-refractivity contribution in [2.75, 3.05) is 26.1 Å². The molecule has 4 heteroatoms. The predicted octanol–water partition coefficient (Wildman–Crippen LogP) is 2.85. The van der Waals surface area contributed by atoms with E-state index in [1.165, 1.54) is 0 Å². The molecule has 2 rings (SSSR count). The van der Waals surface area contributed by atoms with E-state index in [0.717, 1.165) is 11.3 Å². The largest absolute Gasteiger partial charge is 0.497 e. The van der Waals surface area contributed by atoms with Gasteiger partial charge in [0.1, 0.15) is 11.5 Å². The summed E-state index contributed by atoms with van der Waals surface area (Å²) in [5.74, 6) is 1.42. The summed E-state index contributed by atoms with van der Waals surface area (Å²) in [6.07, 6.45) is -0.562. The van der Waals surface area contributed by atoms with Crippen molar-refractivity contribution in [3.63, 3.8) is 0 Å². The summed E-state index contributed by atoms with van der Waals surface area (Å²) < 4.78 is 10.4. The molecule has 0 amide bonds. The van der Waals surface area contributed by atoms with Crippen LogP contribution in [0.2, 0.25) is 0 Å². The maximum atomic E-state index is 10.1. The summed E-state index contributed by atoms with van der Waals surface area (Å²) in [6.45, 7) is 0.417. The van der Waals surface area contributed by atoms with E-state index in [0.29, 0.717) is 18.0 Å². The second-order valence-corrected chi connectivity index (χ2v) is 4.41. The SMILES string of the molecule is COc1cc(NCC(O)c2ccccc2)cc(OC)c1. The Morgan fingerprint density at radius 1 is 1.00 bits per heavy atom. The molecule has 0 aliphatic rings. The Kier molecular flexibility index (Phi) is 4.85. The van der Waals surface area contributed by atoms with E-state index in [-0.39, 0.29) is 0 Å². The number of anilines is 1. The molecule has 0 radical (unpaired) electrons. The van der Waals surface area contributed by atoms with Crippen LogP contribution in [-0.2, 0) is 0 Å². The third-order valence-corrected chi connectivity index (χ3v) is 3.04. The van der Waals surface area contributed by atoms with Crippen LogP contribution in [-0.4, -0.2) is 25.9 Å². The van der Waals surface area contributed by atoms with Crippen LogP contribution in [0.5, 0.6) is 11.5 Å². The van der Waals surface area contributed by atoms with Crippen molar-refractivity contribution in [3.8, 4) is 11.5 Å². The lowest BCUT2D eigenvalue weighted by Gasteiger charge is -2.14. The zero-order valence-corrected chi connectivity index (χ0v) is 11.7. The van der Waals surface area contributed by atoms with Crippen LogP contribution >= 0.6 is 0 Å². The molecule has 0 aliphatic heterocycles. The topological polar surface area (TPSA) is 50.7 Å². The van der Waals surface area contributed by atoms with Crippen molar-refractivity contribution in [2.24, 2.45) is 0 Å². The van der Waals surface area contributed by atoms with Gasteiger partial charge in [0.2, 0.25) is 0 Å². The first-order chi connectivity index (χ1) is 9.72. The Labute approximate surface area is 119 Å². The number of hydrogen-bond acceptors (Lipinski definition) is 4. The molecule has 2 aromatic rings. The third kappa shape index (κ3) is 3.65. The lowest BCUT2D eigenvalue weighted by atomic mass is 10.1. The summed E-state index contributed by atoms with van der Waals surface area (Å²) in [7, 11) is 3.22. The van der Waals surface area contributed by atoms with Gasteiger partial charge in [0.25, 0.3) is 0 Å². The zero-order valence-electron chi connectivity index (χ0n) is 11.7. The lowest BCUT2D eigenvalue weighted by molar-refractivity contribution is 0.191. The summed E-state index contributed by atoms with van der Waals surface area (Å²) in [5.41, 5.74) is 1.73. The number of nitrogens with one attached hydrogen (secondary N) is 1. The molecule has 2 N–H and O–H groups in total. The molecular weight excluding hydrogens is 254 g/mol. The maximum absolute atomic E-state index is 10.1. The number of ether oxygens (including phenoxy) is 2.